The lowest BCUT2D eigenvalue weighted by molar-refractivity contribution is 0.0594. The summed E-state index contributed by atoms with van der Waals surface area (Å²) in [4.78, 5) is 13.0. The highest BCUT2D eigenvalue weighted by Gasteiger charge is 2.23. The molecule has 3 rings (SSSR count). The summed E-state index contributed by atoms with van der Waals surface area (Å²) < 4.78 is 0. The molecule has 0 spiro atoms. The largest absolute Gasteiger partial charge is 0.384 e. The van der Waals surface area contributed by atoms with E-state index in [-0.39, 0.29) is 12.6 Å². The van der Waals surface area contributed by atoms with Crippen LogP contribution in [-0.4, -0.2) is 17.7 Å². The van der Waals surface area contributed by atoms with E-state index in [0.29, 0.717) is 6.54 Å². The van der Waals surface area contributed by atoms with Gasteiger partial charge in [-0.05, 0) is 35.1 Å². The highest BCUT2D eigenvalue weighted by molar-refractivity contribution is 7.09. The van der Waals surface area contributed by atoms with Gasteiger partial charge in [-0.1, -0.05) is 60.7 Å². The number of amides is 2. The summed E-state index contributed by atoms with van der Waals surface area (Å²) in [5.74, 6) is 0. The van der Waals surface area contributed by atoms with Crippen molar-refractivity contribution in [1.82, 2.24) is 10.6 Å². The number of nitrogens with one attached hydrogen (secondary N) is 2. The van der Waals surface area contributed by atoms with E-state index in [0.717, 1.165) is 21.6 Å². The summed E-state index contributed by atoms with van der Waals surface area (Å²) in [6.07, 6.45) is 0. The van der Waals surface area contributed by atoms with Crippen LogP contribution >= 0.6 is 11.3 Å². The van der Waals surface area contributed by atoms with Crippen LogP contribution in [0.2, 0.25) is 0 Å². The normalized spacial score (nSPS) is 13.0. The predicted molar refractivity (Wildman–Crippen MR) is 106 cm³/mol. The SMILES string of the molecule is C[C@@](O)(CNC(=O)NCc1cccs1)c1ccc(-c2ccccc2)cc1. The number of urea groups is 1. The number of aliphatic hydroxyl groups is 1. The van der Waals surface area contributed by atoms with Crippen molar-refractivity contribution in [2.24, 2.45) is 0 Å². The Labute approximate surface area is 157 Å². The highest BCUT2D eigenvalue weighted by Crippen LogP contribution is 2.24. The zero-order valence-electron chi connectivity index (χ0n) is 14.6. The molecule has 1 atom stereocenters. The second-order valence-electron chi connectivity index (χ2n) is 6.33. The van der Waals surface area contributed by atoms with Crippen LogP contribution in [0.25, 0.3) is 11.1 Å². The van der Waals surface area contributed by atoms with E-state index in [1.807, 2.05) is 72.1 Å². The Bertz CT molecular complexity index is 828. The predicted octanol–water partition coefficient (Wildman–Crippen LogP) is 4.12. The maximum Gasteiger partial charge on any atom is 0.315 e. The average Bonchev–Trinajstić information content (AvgIpc) is 3.19. The van der Waals surface area contributed by atoms with E-state index < -0.39 is 5.60 Å². The molecule has 4 nitrogen and oxygen atoms in total. The first-order valence-corrected chi connectivity index (χ1v) is 9.35. The zero-order chi connectivity index (χ0) is 18.4. The third kappa shape index (κ3) is 4.71. The van der Waals surface area contributed by atoms with Gasteiger partial charge in [0.15, 0.2) is 0 Å². The fraction of sp³-hybridized carbons (Fsp3) is 0.190. The van der Waals surface area contributed by atoms with Gasteiger partial charge in [-0.15, -0.1) is 11.3 Å². The molecule has 26 heavy (non-hydrogen) atoms. The number of carbonyl (C=O) groups is 1. The van der Waals surface area contributed by atoms with Crippen molar-refractivity contribution < 1.29 is 9.90 Å². The maximum absolute atomic E-state index is 11.9. The molecule has 0 unspecified atom stereocenters. The molecule has 0 aliphatic rings. The van der Waals surface area contributed by atoms with Gasteiger partial charge in [-0.3, -0.25) is 0 Å². The minimum atomic E-state index is -1.14. The molecule has 0 saturated carbocycles. The minimum absolute atomic E-state index is 0.133. The molecule has 3 N–H and O–H groups in total. The smallest absolute Gasteiger partial charge is 0.315 e. The Hall–Kier alpha value is -2.63. The molecular weight excluding hydrogens is 344 g/mol. The van der Waals surface area contributed by atoms with Gasteiger partial charge in [-0.2, -0.15) is 0 Å². The van der Waals surface area contributed by atoms with Gasteiger partial charge in [0, 0.05) is 4.88 Å². The second-order valence-corrected chi connectivity index (χ2v) is 7.37. The fourth-order valence-electron chi connectivity index (χ4n) is 2.65. The first-order chi connectivity index (χ1) is 12.5. The Balaban J connectivity index is 1.56. The van der Waals surface area contributed by atoms with Gasteiger partial charge < -0.3 is 15.7 Å². The lowest BCUT2D eigenvalue weighted by Gasteiger charge is -2.24. The van der Waals surface area contributed by atoms with Crippen LogP contribution in [-0.2, 0) is 12.1 Å². The maximum atomic E-state index is 11.9. The van der Waals surface area contributed by atoms with Crippen molar-refractivity contribution in [3.8, 4) is 11.1 Å². The van der Waals surface area contributed by atoms with Gasteiger partial charge in [0.05, 0.1) is 13.1 Å². The topological polar surface area (TPSA) is 61.4 Å². The van der Waals surface area contributed by atoms with Gasteiger partial charge in [0.25, 0.3) is 0 Å². The zero-order valence-corrected chi connectivity index (χ0v) is 15.4. The summed E-state index contributed by atoms with van der Waals surface area (Å²) in [6.45, 7) is 2.31. The summed E-state index contributed by atoms with van der Waals surface area (Å²) in [5.41, 5.74) is 1.84. The van der Waals surface area contributed by atoms with Crippen molar-refractivity contribution in [3.63, 3.8) is 0 Å². The Morgan fingerprint density at radius 1 is 0.962 bits per heavy atom. The first kappa shape index (κ1) is 18.2. The van der Waals surface area contributed by atoms with Crippen LogP contribution in [0.5, 0.6) is 0 Å². The van der Waals surface area contributed by atoms with Crippen LogP contribution in [0.1, 0.15) is 17.4 Å². The molecule has 0 aliphatic carbocycles. The van der Waals surface area contributed by atoms with Crippen molar-refractivity contribution >= 4 is 17.4 Å². The van der Waals surface area contributed by atoms with Gasteiger partial charge in [-0.25, -0.2) is 4.79 Å². The van der Waals surface area contributed by atoms with Crippen LogP contribution in [0.3, 0.4) is 0 Å². The van der Waals surface area contributed by atoms with E-state index in [1.165, 1.54) is 0 Å². The Morgan fingerprint density at radius 3 is 2.31 bits per heavy atom. The van der Waals surface area contributed by atoms with Crippen molar-refractivity contribution in [1.29, 1.82) is 0 Å². The van der Waals surface area contributed by atoms with Gasteiger partial charge in [0.1, 0.15) is 5.60 Å². The van der Waals surface area contributed by atoms with Crippen LogP contribution in [0, 0.1) is 0 Å². The van der Waals surface area contributed by atoms with E-state index in [4.69, 9.17) is 0 Å². The molecule has 5 heteroatoms. The number of rotatable bonds is 6. The first-order valence-electron chi connectivity index (χ1n) is 8.47. The van der Waals surface area contributed by atoms with Crippen molar-refractivity contribution in [3.05, 3.63) is 82.6 Å². The molecule has 0 aliphatic heterocycles. The van der Waals surface area contributed by atoms with E-state index >= 15 is 0 Å². The molecule has 0 fully saturated rings. The quantitative estimate of drug-likeness (QED) is 0.614. The summed E-state index contributed by atoms with van der Waals surface area (Å²) in [5, 5.41) is 18.2. The third-order valence-corrected chi connectivity index (χ3v) is 5.09. The molecule has 1 aromatic heterocycles. The molecule has 134 valence electrons. The van der Waals surface area contributed by atoms with E-state index in [2.05, 4.69) is 10.6 Å². The lowest BCUT2D eigenvalue weighted by Crippen LogP contribution is -2.43. The van der Waals surface area contributed by atoms with Gasteiger partial charge >= 0.3 is 6.03 Å². The Morgan fingerprint density at radius 2 is 1.65 bits per heavy atom. The number of hydrogen-bond donors (Lipinski definition) is 3. The van der Waals surface area contributed by atoms with E-state index in [9.17, 15) is 9.90 Å². The molecule has 2 aromatic carbocycles. The molecule has 3 aromatic rings. The van der Waals surface area contributed by atoms with Crippen LogP contribution in [0.4, 0.5) is 4.79 Å². The average molecular weight is 366 g/mol. The number of hydrogen-bond acceptors (Lipinski definition) is 3. The standard InChI is InChI=1S/C21H22N2O2S/c1-21(25,15-23-20(24)22-14-19-8-5-13-26-19)18-11-9-17(10-12-18)16-6-3-2-4-7-16/h2-13,25H,14-15H2,1H3,(H2,22,23,24)/t21-/m1/s1. The molecule has 1 heterocycles. The second kappa shape index (κ2) is 8.17. The van der Waals surface area contributed by atoms with Crippen LogP contribution < -0.4 is 10.6 Å². The number of thiophene rings is 1. The van der Waals surface area contributed by atoms with Crippen LogP contribution in [0.15, 0.2) is 72.1 Å². The summed E-state index contributed by atoms with van der Waals surface area (Å²) in [7, 11) is 0. The number of benzene rings is 2. The number of carbonyl (C=O) groups excluding carboxylic acids is 1. The molecule has 2 amide bonds. The molecular formula is C21H22N2O2S. The minimum Gasteiger partial charge on any atom is -0.384 e. The monoisotopic (exact) mass is 366 g/mol. The van der Waals surface area contributed by atoms with E-state index in [1.54, 1.807) is 18.3 Å². The Kier molecular flexibility index (Phi) is 5.71. The molecule has 0 saturated heterocycles. The molecule has 0 radical (unpaired) electrons. The highest BCUT2D eigenvalue weighted by atomic mass is 32.1. The summed E-state index contributed by atoms with van der Waals surface area (Å²) in [6, 6.07) is 21.5. The van der Waals surface area contributed by atoms with Crippen molar-refractivity contribution in [2.75, 3.05) is 6.54 Å². The summed E-state index contributed by atoms with van der Waals surface area (Å²) >= 11 is 1.59. The van der Waals surface area contributed by atoms with Gasteiger partial charge in [0.2, 0.25) is 0 Å². The lowest BCUT2D eigenvalue weighted by atomic mass is 9.94. The molecule has 0 bridgehead atoms. The fourth-order valence-corrected chi connectivity index (χ4v) is 3.29. The third-order valence-electron chi connectivity index (χ3n) is 4.21. The van der Waals surface area contributed by atoms with Crippen molar-refractivity contribution in [2.45, 2.75) is 19.1 Å².